The third-order valence-electron chi connectivity index (χ3n) is 5.71. The van der Waals surface area contributed by atoms with Crippen LogP contribution in [0, 0.1) is 5.82 Å². The Morgan fingerprint density at radius 3 is 2.37 bits per heavy atom. The van der Waals surface area contributed by atoms with Crippen LogP contribution in [0.3, 0.4) is 0 Å². The van der Waals surface area contributed by atoms with E-state index in [1.807, 2.05) is 12.1 Å². The smallest absolute Gasteiger partial charge is 0.251 e. The lowest BCUT2D eigenvalue weighted by molar-refractivity contribution is -0.117. The van der Waals surface area contributed by atoms with Crippen molar-refractivity contribution in [2.24, 2.45) is 0 Å². The van der Waals surface area contributed by atoms with Crippen molar-refractivity contribution in [3.05, 3.63) is 65.5 Å². The molecule has 2 amide bonds. The van der Waals surface area contributed by atoms with E-state index >= 15 is 0 Å². The summed E-state index contributed by atoms with van der Waals surface area (Å²) >= 11 is 0. The summed E-state index contributed by atoms with van der Waals surface area (Å²) in [6, 6.07) is 13.5. The number of carbonyl (C=O) groups is 2. The second-order valence-electron chi connectivity index (χ2n) is 7.62. The summed E-state index contributed by atoms with van der Waals surface area (Å²) in [7, 11) is 0. The van der Waals surface area contributed by atoms with Crippen LogP contribution in [0.4, 0.5) is 10.1 Å². The van der Waals surface area contributed by atoms with E-state index < -0.39 is 0 Å². The third-order valence-corrected chi connectivity index (χ3v) is 5.71. The number of carbonyl (C=O) groups excluding carboxylic acids is 2. The van der Waals surface area contributed by atoms with Gasteiger partial charge in [-0.05, 0) is 48.4 Å². The third kappa shape index (κ3) is 4.68. The van der Waals surface area contributed by atoms with Crippen molar-refractivity contribution in [1.82, 2.24) is 10.2 Å². The predicted octanol–water partition coefficient (Wildman–Crippen LogP) is 2.76. The van der Waals surface area contributed by atoms with Gasteiger partial charge in [-0.3, -0.25) is 14.5 Å². The molecule has 2 saturated heterocycles. The first-order chi connectivity index (χ1) is 14.6. The molecular formula is C23H26FN3O3. The van der Waals surface area contributed by atoms with Gasteiger partial charge in [0.25, 0.3) is 5.91 Å². The van der Waals surface area contributed by atoms with Gasteiger partial charge in [0.15, 0.2) is 0 Å². The van der Waals surface area contributed by atoms with E-state index in [1.54, 1.807) is 29.2 Å². The van der Waals surface area contributed by atoms with Gasteiger partial charge in [0.05, 0.1) is 19.3 Å². The number of rotatable bonds is 6. The Morgan fingerprint density at radius 2 is 1.73 bits per heavy atom. The Morgan fingerprint density at radius 1 is 1.03 bits per heavy atom. The molecule has 0 aromatic heterocycles. The van der Waals surface area contributed by atoms with Crippen molar-refractivity contribution < 1.29 is 18.7 Å². The predicted molar refractivity (Wildman–Crippen MR) is 112 cm³/mol. The molecule has 0 bridgehead atoms. The van der Waals surface area contributed by atoms with Gasteiger partial charge in [-0.25, -0.2) is 4.39 Å². The van der Waals surface area contributed by atoms with Gasteiger partial charge >= 0.3 is 0 Å². The molecule has 2 heterocycles. The van der Waals surface area contributed by atoms with Gasteiger partial charge in [-0.1, -0.05) is 12.1 Å². The average molecular weight is 411 g/mol. The maximum atomic E-state index is 13.4. The summed E-state index contributed by atoms with van der Waals surface area (Å²) in [4.78, 5) is 28.6. The molecule has 2 aromatic rings. The molecule has 1 atom stereocenters. The molecule has 0 spiro atoms. The zero-order valence-electron chi connectivity index (χ0n) is 16.9. The van der Waals surface area contributed by atoms with Gasteiger partial charge in [-0.15, -0.1) is 0 Å². The lowest BCUT2D eigenvalue weighted by atomic mass is 10.0. The van der Waals surface area contributed by atoms with Crippen LogP contribution in [0.5, 0.6) is 0 Å². The van der Waals surface area contributed by atoms with E-state index in [1.165, 1.54) is 12.1 Å². The van der Waals surface area contributed by atoms with Gasteiger partial charge in [0.2, 0.25) is 5.91 Å². The summed E-state index contributed by atoms with van der Waals surface area (Å²) < 4.78 is 18.8. The maximum Gasteiger partial charge on any atom is 0.251 e. The van der Waals surface area contributed by atoms with Crippen molar-refractivity contribution in [3.8, 4) is 0 Å². The molecule has 1 N–H and O–H groups in total. The molecule has 0 unspecified atom stereocenters. The second kappa shape index (κ2) is 9.36. The van der Waals surface area contributed by atoms with E-state index in [2.05, 4.69) is 10.2 Å². The number of ether oxygens (including phenoxy) is 1. The van der Waals surface area contributed by atoms with Crippen LogP contribution in [0.25, 0.3) is 0 Å². The fourth-order valence-corrected chi connectivity index (χ4v) is 4.04. The molecule has 2 fully saturated rings. The lowest BCUT2D eigenvalue weighted by Gasteiger charge is -2.35. The summed E-state index contributed by atoms with van der Waals surface area (Å²) in [6.07, 6.45) is 1.45. The number of anilines is 1. The highest BCUT2D eigenvalue weighted by atomic mass is 19.1. The van der Waals surface area contributed by atoms with E-state index in [0.717, 1.165) is 37.3 Å². The van der Waals surface area contributed by atoms with Crippen molar-refractivity contribution in [1.29, 1.82) is 0 Å². The van der Waals surface area contributed by atoms with Crippen LogP contribution in [-0.2, 0) is 9.53 Å². The van der Waals surface area contributed by atoms with E-state index in [0.29, 0.717) is 31.7 Å². The molecule has 6 nitrogen and oxygen atoms in total. The Balaban J connectivity index is 1.42. The minimum atomic E-state index is -0.278. The number of nitrogens with one attached hydrogen (secondary N) is 1. The minimum absolute atomic E-state index is 0.0556. The highest BCUT2D eigenvalue weighted by Crippen LogP contribution is 2.23. The van der Waals surface area contributed by atoms with Gasteiger partial charge in [0.1, 0.15) is 5.82 Å². The Hall–Kier alpha value is -2.77. The van der Waals surface area contributed by atoms with Crippen molar-refractivity contribution in [3.63, 3.8) is 0 Å². The molecule has 2 aliphatic heterocycles. The molecule has 4 rings (SSSR count). The van der Waals surface area contributed by atoms with Gasteiger partial charge < -0.3 is 15.0 Å². The first-order valence-corrected chi connectivity index (χ1v) is 10.4. The molecular weight excluding hydrogens is 385 g/mol. The number of hydrogen-bond acceptors (Lipinski definition) is 4. The van der Waals surface area contributed by atoms with Crippen LogP contribution in [0.1, 0.15) is 34.8 Å². The molecule has 0 aliphatic carbocycles. The standard InChI is InChI=1S/C23H26FN3O3/c24-19-7-3-17(4-8-19)21(26-12-14-30-15-13-26)16-25-23(29)18-5-9-20(10-6-18)27-11-1-2-22(27)28/h3-10,21H,1-2,11-16H2,(H,25,29)/t21-/m1/s1. The van der Waals surface area contributed by atoms with Crippen LogP contribution in [-0.4, -0.2) is 56.1 Å². The quantitative estimate of drug-likeness (QED) is 0.794. The highest BCUT2D eigenvalue weighted by molar-refractivity contribution is 5.97. The maximum absolute atomic E-state index is 13.4. The van der Waals surface area contributed by atoms with Gasteiger partial charge in [0, 0.05) is 43.9 Å². The fourth-order valence-electron chi connectivity index (χ4n) is 4.04. The average Bonchev–Trinajstić information content (AvgIpc) is 3.21. The SMILES string of the molecule is O=C(NC[C@H](c1ccc(F)cc1)N1CCOCC1)c1ccc(N2CCCC2=O)cc1. The Labute approximate surface area is 175 Å². The number of morpholine rings is 1. The highest BCUT2D eigenvalue weighted by Gasteiger charge is 2.24. The fraction of sp³-hybridized carbons (Fsp3) is 0.391. The Kier molecular flexibility index (Phi) is 6.40. The second-order valence-corrected chi connectivity index (χ2v) is 7.62. The Bertz CT molecular complexity index is 880. The van der Waals surface area contributed by atoms with Crippen LogP contribution < -0.4 is 10.2 Å². The molecule has 2 aromatic carbocycles. The number of hydrogen-bond donors (Lipinski definition) is 1. The number of nitrogens with zero attached hydrogens (tertiary/aromatic N) is 2. The normalized spacial score (nSPS) is 18.4. The first-order valence-electron chi connectivity index (χ1n) is 10.4. The van der Waals surface area contributed by atoms with Crippen LogP contribution in [0.2, 0.25) is 0 Å². The summed E-state index contributed by atoms with van der Waals surface area (Å²) in [6.45, 7) is 3.94. The van der Waals surface area contributed by atoms with Crippen molar-refractivity contribution in [2.75, 3.05) is 44.3 Å². The zero-order chi connectivity index (χ0) is 20.9. The summed E-state index contributed by atoms with van der Waals surface area (Å²) in [5, 5.41) is 3.01. The lowest BCUT2D eigenvalue weighted by Crippen LogP contribution is -2.43. The van der Waals surface area contributed by atoms with Gasteiger partial charge in [-0.2, -0.15) is 0 Å². The summed E-state index contributed by atoms with van der Waals surface area (Å²) in [5.41, 5.74) is 2.33. The van der Waals surface area contributed by atoms with E-state index in [9.17, 15) is 14.0 Å². The molecule has 0 radical (unpaired) electrons. The molecule has 7 heteroatoms. The largest absolute Gasteiger partial charge is 0.379 e. The van der Waals surface area contributed by atoms with E-state index in [4.69, 9.17) is 4.74 Å². The zero-order valence-corrected chi connectivity index (χ0v) is 16.9. The number of amides is 2. The van der Waals surface area contributed by atoms with Crippen molar-refractivity contribution in [2.45, 2.75) is 18.9 Å². The van der Waals surface area contributed by atoms with Crippen molar-refractivity contribution >= 4 is 17.5 Å². The summed E-state index contributed by atoms with van der Waals surface area (Å²) in [5.74, 6) is -0.324. The number of benzene rings is 2. The van der Waals surface area contributed by atoms with Crippen LogP contribution >= 0.6 is 0 Å². The monoisotopic (exact) mass is 411 g/mol. The number of halogens is 1. The van der Waals surface area contributed by atoms with Crippen LogP contribution in [0.15, 0.2) is 48.5 Å². The van der Waals surface area contributed by atoms with E-state index in [-0.39, 0.29) is 23.7 Å². The first kappa shape index (κ1) is 20.5. The molecule has 158 valence electrons. The minimum Gasteiger partial charge on any atom is -0.379 e. The topological polar surface area (TPSA) is 61.9 Å². The molecule has 30 heavy (non-hydrogen) atoms. The molecule has 0 saturated carbocycles. The molecule has 2 aliphatic rings.